The van der Waals surface area contributed by atoms with E-state index in [-0.39, 0.29) is 17.9 Å². The van der Waals surface area contributed by atoms with Crippen LogP contribution in [0.4, 0.5) is 0 Å². The van der Waals surface area contributed by atoms with Gasteiger partial charge in [0, 0.05) is 9.97 Å². The van der Waals surface area contributed by atoms with Gasteiger partial charge >= 0.3 is 11.9 Å². The van der Waals surface area contributed by atoms with Gasteiger partial charge in [0.15, 0.2) is 29.6 Å². The minimum absolute atomic E-state index is 0.0625. The molecule has 12 heteroatoms. The molecule has 23 heavy (non-hydrogen) atoms. The molecule has 4 N–H and O–H groups in total. The minimum atomic E-state index is -1.15. The lowest BCUT2D eigenvalue weighted by atomic mass is 10.1. The second-order valence-electron chi connectivity index (χ2n) is 5.97. The number of carbonyl (C=O) groups excluding carboxylic acids is 3. The first kappa shape index (κ1) is 15.1. The first-order chi connectivity index (χ1) is 10.8. The lowest BCUT2D eigenvalue weighted by molar-refractivity contribution is -1.01. The molecule has 3 heterocycles. The number of quaternary nitrogens is 1. The van der Waals surface area contributed by atoms with Crippen molar-refractivity contribution in [3.8, 4) is 0 Å². The number of hydrogen-bond donors (Lipinski definition) is 4. The summed E-state index contributed by atoms with van der Waals surface area (Å²) in [4.78, 5) is 48.4. The monoisotopic (exact) mass is 360 g/mol. The fourth-order valence-electron chi connectivity index (χ4n) is 3.61. The van der Waals surface area contributed by atoms with Crippen molar-refractivity contribution in [3.63, 3.8) is 0 Å². The number of hydrogen-bond acceptors (Lipinski definition) is 7. The normalized spacial score (nSPS) is 44.0. The van der Waals surface area contributed by atoms with Gasteiger partial charge in [-0.3, -0.25) is 14.4 Å². The number of nitrogens with two attached hydrogens (primary N) is 1. The van der Waals surface area contributed by atoms with Crippen molar-refractivity contribution in [1.29, 1.82) is 0 Å². The number of amides is 3. The third-order valence-electron chi connectivity index (χ3n) is 4.79. The van der Waals surface area contributed by atoms with Crippen LogP contribution in [0.3, 0.4) is 0 Å². The minimum Gasteiger partial charge on any atom is -0.480 e. The van der Waals surface area contributed by atoms with Crippen molar-refractivity contribution in [2.45, 2.75) is 24.0 Å². The van der Waals surface area contributed by atoms with E-state index in [1.165, 1.54) is 5.01 Å². The third-order valence-corrected chi connectivity index (χ3v) is 6.41. The first-order valence-electron chi connectivity index (χ1n) is 6.94. The molecule has 1 saturated carbocycles. The second-order valence-corrected chi connectivity index (χ2v) is 7.43. The first-order valence-corrected chi connectivity index (χ1v) is 8.51. The lowest BCUT2D eigenvalue weighted by Gasteiger charge is -2.30. The quantitative estimate of drug-likeness (QED) is 0.248. The SMILES string of the molecule is NC(=O)[C@H]1CC12N[N+]13SC[C@H](C(=O)O)N1C(=O)C(CS)N3C2=O. The molecule has 0 bridgehead atoms. The van der Waals surface area contributed by atoms with Crippen LogP contribution < -0.4 is 11.2 Å². The molecule has 1 aliphatic carbocycles. The number of aliphatic carboxylic acids is 1. The van der Waals surface area contributed by atoms with Crippen LogP contribution in [0.2, 0.25) is 0 Å². The van der Waals surface area contributed by atoms with Crippen molar-refractivity contribution in [1.82, 2.24) is 15.4 Å². The van der Waals surface area contributed by atoms with Gasteiger partial charge in [0.1, 0.15) is 0 Å². The molecule has 0 radical (unpaired) electrons. The summed E-state index contributed by atoms with van der Waals surface area (Å²) in [6.45, 7) is 0. The van der Waals surface area contributed by atoms with E-state index in [1.54, 1.807) is 0 Å². The summed E-state index contributed by atoms with van der Waals surface area (Å²) in [7, 11) is 0. The van der Waals surface area contributed by atoms with E-state index in [9.17, 15) is 24.3 Å². The number of nitrogens with one attached hydrogen (secondary N) is 1. The van der Waals surface area contributed by atoms with E-state index >= 15 is 0 Å². The van der Waals surface area contributed by atoms with Crippen LogP contribution in [0.15, 0.2) is 0 Å². The summed E-state index contributed by atoms with van der Waals surface area (Å²) in [5, 5.41) is 11.8. The molecule has 0 aromatic carbocycles. The Morgan fingerprint density at radius 3 is 2.70 bits per heavy atom. The highest BCUT2D eigenvalue weighted by molar-refractivity contribution is 7.94. The predicted molar refractivity (Wildman–Crippen MR) is 78.6 cm³/mol. The fraction of sp³-hybridized carbons (Fsp3) is 0.636. The maximum Gasteiger partial charge on any atom is 0.333 e. The van der Waals surface area contributed by atoms with Crippen LogP contribution in [0.1, 0.15) is 6.42 Å². The average molecular weight is 360 g/mol. The van der Waals surface area contributed by atoms with Crippen LogP contribution in [-0.4, -0.2) is 72.2 Å². The van der Waals surface area contributed by atoms with Gasteiger partial charge in [0.25, 0.3) is 5.91 Å². The molecule has 5 atom stereocenters. The molecule has 3 unspecified atom stereocenters. The van der Waals surface area contributed by atoms with Gasteiger partial charge in [-0.05, 0) is 6.42 Å². The molecule has 0 aromatic rings. The molecular formula is C11H14N5O5S2+. The zero-order valence-corrected chi connectivity index (χ0v) is 13.4. The maximum atomic E-state index is 12.9. The molecular weight excluding hydrogens is 346 g/mol. The van der Waals surface area contributed by atoms with Crippen LogP contribution >= 0.6 is 24.6 Å². The smallest absolute Gasteiger partial charge is 0.333 e. The highest BCUT2D eigenvalue weighted by Gasteiger charge is 2.84. The average Bonchev–Trinajstić information content (AvgIpc) is 2.91. The van der Waals surface area contributed by atoms with Gasteiger partial charge in [-0.1, -0.05) is 5.43 Å². The molecule has 3 saturated heterocycles. The van der Waals surface area contributed by atoms with Crippen molar-refractivity contribution in [2.75, 3.05) is 11.5 Å². The van der Waals surface area contributed by atoms with Crippen LogP contribution in [0, 0.1) is 5.92 Å². The van der Waals surface area contributed by atoms with E-state index in [0.29, 0.717) is 0 Å². The Morgan fingerprint density at radius 1 is 1.48 bits per heavy atom. The van der Waals surface area contributed by atoms with E-state index in [4.69, 9.17) is 5.73 Å². The third kappa shape index (κ3) is 1.54. The number of carboxylic acids is 1. The zero-order valence-electron chi connectivity index (χ0n) is 11.7. The number of rotatable bonds is 3. The Hall–Kier alpha value is -1.50. The molecule has 2 spiro atoms. The molecule has 0 aromatic heterocycles. The number of carbonyl (C=O) groups is 4. The van der Waals surface area contributed by atoms with Crippen LogP contribution in [0.25, 0.3) is 0 Å². The summed E-state index contributed by atoms with van der Waals surface area (Å²) in [5.74, 6) is -3.07. The lowest BCUT2D eigenvalue weighted by Crippen LogP contribution is -2.62. The molecule has 4 rings (SSSR count). The van der Waals surface area contributed by atoms with E-state index < -0.39 is 51.4 Å². The van der Waals surface area contributed by atoms with Crippen molar-refractivity contribution < 1.29 is 28.5 Å². The van der Waals surface area contributed by atoms with E-state index in [0.717, 1.165) is 17.0 Å². The van der Waals surface area contributed by atoms with Gasteiger partial charge in [0.05, 0.1) is 11.7 Å². The van der Waals surface area contributed by atoms with Crippen molar-refractivity contribution >= 4 is 48.3 Å². The fourth-order valence-corrected chi connectivity index (χ4v) is 5.41. The molecule has 3 aliphatic heterocycles. The highest BCUT2D eigenvalue weighted by atomic mass is 32.2. The summed E-state index contributed by atoms with van der Waals surface area (Å²) >= 11 is 5.25. The summed E-state index contributed by atoms with van der Waals surface area (Å²) in [6, 6.07) is -1.93. The summed E-state index contributed by atoms with van der Waals surface area (Å²) in [5.41, 5.74) is 7.19. The van der Waals surface area contributed by atoms with Crippen LogP contribution in [0.5, 0.6) is 0 Å². The Labute approximate surface area is 140 Å². The Balaban J connectivity index is 1.79. The maximum absolute atomic E-state index is 12.9. The number of nitrogens with zero attached hydrogens (tertiary/aromatic N) is 3. The van der Waals surface area contributed by atoms with Crippen LogP contribution in [-0.2, 0) is 19.2 Å². The van der Waals surface area contributed by atoms with Gasteiger partial charge in [-0.15, -0.1) is 10.0 Å². The molecule has 124 valence electrons. The Bertz CT molecular complexity index is 675. The van der Waals surface area contributed by atoms with Gasteiger partial charge in [0.2, 0.25) is 5.91 Å². The van der Waals surface area contributed by atoms with Crippen molar-refractivity contribution in [2.24, 2.45) is 11.7 Å². The van der Waals surface area contributed by atoms with Gasteiger partial charge < -0.3 is 10.8 Å². The Kier molecular flexibility index (Phi) is 2.82. The van der Waals surface area contributed by atoms with E-state index in [2.05, 4.69) is 18.1 Å². The predicted octanol–water partition coefficient (Wildman–Crippen LogP) is -2.52. The Morgan fingerprint density at radius 2 is 2.17 bits per heavy atom. The number of carboxylic acid groups (broad SMARTS) is 1. The number of thiol groups is 1. The molecule has 3 amide bonds. The van der Waals surface area contributed by atoms with Gasteiger partial charge in [-0.2, -0.15) is 12.6 Å². The topological polar surface area (TPSA) is 133 Å². The summed E-state index contributed by atoms with van der Waals surface area (Å²) in [6.07, 6.45) is 0.247. The van der Waals surface area contributed by atoms with Gasteiger partial charge in [-0.25, -0.2) is 4.79 Å². The highest BCUT2D eigenvalue weighted by Crippen LogP contribution is 2.57. The molecule has 4 fully saturated rings. The van der Waals surface area contributed by atoms with Crippen molar-refractivity contribution in [3.05, 3.63) is 0 Å². The summed E-state index contributed by atoms with van der Waals surface area (Å²) < 4.78 is -0.441. The molecule has 10 nitrogen and oxygen atoms in total. The standard InChI is InChI=1S/C11H13N5O5S2/c12-7(17)4-1-11(4)10(21)15-5(2-22)8(18)14-6(9(19)20)3-23-16(14,15)13-11/h4-6,13H,1-3H2,(H3-,12,17,19,20,22)/p+1/t4-,5?,6-,11?,16?/m1/s1. The largest absolute Gasteiger partial charge is 0.480 e. The zero-order chi connectivity index (χ0) is 16.7. The number of primary amides is 1. The van der Waals surface area contributed by atoms with E-state index in [1.807, 2.05) is 0 Å². The molecule has 4 aliphatic rings. The second kappa shape index (κ2) is 4.32.